The van der Waals surface area contributed by atoms with Crippen molar-refractivity contribution in [3.8, 4) is 0 Å². The van der Waals surface area contributed by atoms with E-state index in [4.69, 9.17) is 0 Å². The fourth-order valence-electron chi connectivity index (χ4n) is 1.16. The third-order valence-corrected chi connectivity index (χ3v) is 2.24. The molecule has 0 radical (unpaired) electrons. The first-order valence-corrected chi connectivity index (χ1v) is 3.40. The first kappa shape index (κ1) is 14.3. The van der Waals surface area contributed by atoms with Gasteiger partial charge in [0.05, 0.1) is 0 Å². The molecule has 0 fully saturated rings. The van der Waals surface area contributed by atoms with Gasteiger partial charge in [0.15, 0.2) is 0 Å². The second-order valence-corrected chi connectivity index (χ2v) is 2.80. The van der Waals surface area contributed by atoms with Crippen molar-refractivity contribution in [1.29, 1.82) is 0 Å². The van der Waals surface area contributed by atoms with Gasteiger partial charge in [0.2, 0.25) is 0 Å². The smallest absolute Gasteiger partial charge is 1.00 e. The van der Waals surface area contributed by atoms with Crippen LogP contribution in [-0.2, 0) is 0 Å². The number of hydrogen-bond acceptors (Lipinski definition) is 0. The molecule has 1 aliphatic rings. The van der Waals surface area contributed by atoms with Crippen molar-refractivity contribution in [2.75, 3.05) is 0 Å². The molecule has 0 nitrogen and oxygen atoms in total. The molecular formula is C9H13BrMg. The second kappa shape index (κ2) is 5.39. The zero-order chi connectivity index (χ0) is 7.02. The maximum atomic E-state index is 3.36. The van der Waals surface area contributed by atoms with Gasteiger partial charge in [-0.25, -0.2) is 5.57 Å². The molecule has 0 aromatic carbocycles. The molecule has 0 spiro atoms. The van der Waals surface area contributed by atoms with Gasteiger partial charge in [-0.15, -0.1) is 6.92 Å². The van der Waals surface area contributed by atoms with Gasteiger partial charge in [0, 0.05) is 0 Å². The van der Waals surface area contributed by atoms with Gasteiger partial charge >= 0.3 is 23.1 Å². The summed E-state index contributed by atoms with van der Waals surface area (Å²) in [6.07, 6.45) is 3.36. The molecule has 58 valence electrons. The van der Waals surface area contributed by atoms with Gasteiger partial charge < -0.3 is 17.0 Å². The van der Waals surface area contributed by atoms with Gasteiger partial charge in [-0.3, -0.25) is 6.08 Å². The molecular weight excluding hydrogens is 212 g/mol. The Bertz CT molecular complexity index is 192. The predicted molar refractivity (Wildman–Crippen MR) is 45.7 cm³/mol. The van der Waals surface area contributed by atoms with E-state index in [0.717, 1.165) is 0 Å². The monoisotopic (exact) mass is 224 g/mol. The maximum absolute atomic E-state index is 3.36. The molecule has 0 saturated heterocycles. The molecule has 0 saturated carbocycles. The molecule has 2 heteroatoms. The van der Waals surface area contributed by atoms with Crippen LogP contribution in [-0.4, -0.2) is 23.1 Å². The van der Waals surface area contributed by atoms with Crippen LogP contribution in [0.2, 0.25) is 0 Å². The summed E-state index contributed by atoms with van der Waals surface area (Å²) < 4.78 is 0. The van der Waals surface area contributed by atoms with E-state index in [2.05, 4.69) is 33.8 Å². The minimum absolute atomic E-state index is 0. The van der Waals surface area contributed by atoms with Crippen LogP contribution in [0.4, 0.5) is 0 Å². The van der Waals surface area contributed by atoms with Gasteiger partial charge in [0.25, 0.3) is 0 Å². The molecule has 0 aromatic rings. The predicted octanol–water partition coefficient (Wildman–Crippen LogP) is -0.655. The van der Waals surface area contributed by atoms with Gasteiger partial charge in [-0.1, -0.05) is 26.7 Å². The second-order valence-electron chi connectivity index (χ2n) is 2.80. The van der Waals surface area contributed by atoms with E-state index in [1.165, 1.54) is 16.7 Å². The van der Waals surface area contributed by atoms with Gasteiger partial charge in [-0.05, 0) is 0 Å². The average Bonchev–Trinajstić information content (AvgIpc) is 1.98. The van der Waals surface area contributed by atoms with E-state index in [1.807, 2.05) is 0 Å². The summed E-state index contributed by atoms with van der Waals surface area (Å²) in [4.78, 5) is 0. The summed E-state index contributed by atoms with van der Waals surface area (Å²) in [5.74, 6) is 0.560. The molecule has 0 heterocycles. The van der Waals surface area contributed by atoms with Crippen LogP contribution in [0, 0.1) is 12.0 Å². The average molecular weight is 225 g/mol. The third-order valence-electron chi connectivity index (χ3n) is 2.24. The summed E-state index contributed by atoms with van der Waals surface area (Å²) >= 11 is 0. The van der Waals surface area contributed by atoms with Crippen LogP contribution >= 0.6 is 0 Å². The Morgan fingerprint density at radius 3 is 1.73 bits per heavy atom. The van der Waals surface area contributed by atoms with Crippen LogP contribution in [0.5, 0.6) is 0 Å². The van der Waals surface area contributed by atoms with E-state index in [1.54, 1.807) is 0 Å². The molecule has 1 unspecified atom stereocenters. The van der Waals surface area contributed by atoms with Crippen molar-refractivity contribution in [3.05, 3.63) is 22.8 Å². The first-order chi connectivity index (χ1) is 4.13. The van der Waals surface area contributed by atoms with Crippen LogP contribution in [0.25, 0.3) is 0 Å². The Labute approximate surface area is 96.1 Å². The zero-order valence-corrected chi connectivity index (χ0v) is 10.7. The Morgan fingerprint density at radius 1 is 1.18 bits per heavy atom. The summed E-state index contributed by atoms with van der Waals surface area (Å²) in [6.45, 7) is 8.67. The van der Waals surface area contributed by atoms with Crippen LogP contribution in [0.15, 0.2) is 16.7 Å². The Hall–Kier alpha value is 0.726. The van der Waals surface area contributed by atoms with Crippen LogP contribution in [0.1, 0.15) is 27.7 Å². The van der Waals surface area contributed by atoms with Crippen molar-refractivity contribution in [1.82, 2.24) is 0 Å². The first-order valence-electron chi connectivity index (χ1n) is 3.40. The largest absolute Gasteiger partial charge is 2.00 e. The Kier molecular flexibility index (Phi) is 6.98. The molecule has 0 aliphatic heterocycles. The Balaban J connectivity index is 0. The maximum Gasteiger partial charge on any atom is 2.00 e. The van der Waals surface area contributed by atoms with Gasteiger partial charge in [0.1, 0.15) is 0 Å². The normalized spacial score (nSPS) is 22.2. The molecule has 0 aromatic heterocycles. The summed E-state index contributed by atoms with van der Waals surface area (Å²) in [7, 11) is 0. The molecule has 1 rings (SSSR count). The molecule has 0 N–H and O–H groups in total. The summed E-state index contributed by atoms with van der Waals surface area (Å²) in [5.41, 5.74) is 4.25. The van der Waals surface area contributed by atoms with E-state index < -0.39 is 0 Å². The standard InChI is InChI=1S/C9H13.BrH.Mg/c1-6-5-7(2)9(4)8(6)3;;/h6H,1-4H3;1H;/q-1;;+2/p-1. The molecule has 1 aliphatic carbocycles. The SMILES string of the molecule is CC1=[C-]C(C)C(C)=C1C.[Br-].[Mg+2]. The fourth-order valence-corrected chi connectivity index (χ4v) is 1.16. The summed E-state index contributed by atoms with van der Waals surface area (Å²) in [6, 6.07) is 0. The van der Waals surface area contributed by atoms with E-state index >= 15 is 0 Å². The van der Waals surface area contributed by atoms with Crippen LogP contribution in [0.3, 0.4) is 0 Å². The van der Waals surface area contributed by atoms with Gasteiger partial charge in [-0.2, -0.15) is 11.1 Å². The van der Waals surface area contributed by atoms with E-state index in [9.17, 15) is 0 Å². The molecule has 11 heavy (non-hydrogen) atoms. The van der Waals surface area contributed by atoms with E-state index in [-0.39, 0.29) is 40.0 Å². The Morgan fingerprint density at radius 2 is 1.64 bits per heavy atom. The van der Waals surface area contributed by atoms with Crippen molar-refractivity contribution >= 4 is 23.1 Å². The minimum atomic E-state index is 0. The number of rotatable bonds is 0. The minimum Gasteiger partial charge on any atom is -1.00 e. The fraction of sp³-hybridized carbons (Fsp3) is 0.556. The van der Waals surface area contributed by atoms with Crippen molar-refractivity contribution in [3.63, 3.8) is 0 Å². The number of hydrogen-bond donors (Lipinski definition) is 0. The number of halogens is 1. The zero-order valence-electron chi connectivity index (χ0n) is 7.66. The quantitative estimate of drug-likeness (QED) is 0.379. The van der Waals surface area contributed by atoms with E-state index in [0.29, 0.717) is 5.92 Å². The molecule has 1 atom stereocenters. The number of allylic oxidation sites excluding steroid dienone is 4. The van der Waals surface area contributed by atoms with Crippen molar-refractivity contribution in [2.45, 2.75) is 27.7 Å². The molecule has 0 bridgehead atoms. The summed E-state index contributed by atoms with van der Waals surface area (Å²) in [5, 5.41) is 0. The third kappa shape index (κ3) is 2.92. The van der Waals surface area contributed by atoms with Crippen molar-refractivity contribution in [2.24, 2.45) is 5.92 Å². The van der Waals surface area contributed by atoms with Crippen molar-refractivity contribution < 1.29 is 17.0 Å². The molecule has 0 amide bonds. The van der Waals surface area contributed by atoms with Crippen LogP contribution < -0.4 is 17.0 Å². The topological polar surface area (TPSA) is 0 Å².